The van der Waals surface area contributed by atoms with Crippen LogP contribution in [-0.2, 0) is 13.6 Å². The van der Waals surface area contributed by atoms with E-state index in [0.29, 0.717) is 6.61 Å². The lowest BCUT2D eigenvalue weighted by molar-refractivity contribution is 0.233. The number of unbranched alkanes of at least 4 members (excludes halogenated alkanes) is 15. The minimum atomic E-state index is -2.76. The van der Waals surface area contributed by atoms with Crippen molar-refractivity contribution in [3.8, 4) is 0 Å². The molecular formula is C20H43O3P. The van der Waals surface area contributed by atoms with E-state index in [-0.39, 0.29) is 0 Å². The summed E-state index contributed by atoms with van der Waals surface area (Å²) in [6, 6.07) is 0. The van der Waals surface area contributed by atoms with Crippen molar-refractivity contribution in [3.63, 3.8) is 0 Å². The molecule has 0 aromatic rings. The standard InChI is InChI=1S/C20H43O3P/c1-4-5-6-7-8-9-10-11-12-13-14-15-16-17-18-19-20-23-24(3,21)22-2/h4-20H2,1-3H3. The fourth-order valence-corrected chi connectivity index (χ4v) is 3.50. The minimum Gasteiger partial charge on any atom is -0.312 e. The molecule has 0 amide bonds. The van der Waals surface area contributed by atoms with Crippen molar-refractivity contribution in [2.75, 3.05) is 20.4 Å². The zero-order chi connectivity index (χ0) is 17.9. The average Bonchev–Trinajstić information content (AvgIpc) is 2.57. The van der Waals surface area contributed by atoms with Crippen molar-refractivity contribution >= 4 is 7.60 Å². The number of hydrogen-bond acceptors (Lipinski definition) is 3. The Morgan fingerprint density at radius 3 is 1.29 bits per heavy atom. The van der Waals surface area contributed by atoms with Gasteiger partial charge in [-0.3, -0.25) is 4.57 Å². The zero-order valence-electron chi connectivity index (χ0n) is 16.7. The predicted octanol–water partition coefficient (Wildman–Crippen LogP) is 7.73. The van der Waals surface area contributed by atoms with Gasteiger partial charge in [-0.15, -0.1) is 0 Å². The van der Waals surface area contributed by atoms with Crippen LogP contribution in [0.2, 0.25) is 0 Å². The number of rotatable bonds is 19. The summed E-state index contributed by atoms with van der Waals surface area (Å²) in [6.45, 7) is 4.36. The molecule has 0 aliphatic carbocycles. The highest BCUT2D eigenvalue weighted by Gasteiger charge is 2.12. The quantitative estimate of drug-likeness (QED) is 0.174. The van der Waals surface area contributed by atoms with Gasteiger partial charge in [-0.2, -0.15) is 0 Å². The van der Waals surface area contributed by atoms with Gasteiger partial charge >= 0.3 is 7.60 Å². The Bertz CT molecular complexity index is 295. The molecule has 0 saturated carbocycles. The van der Waals surface area contributed by atoms with Crippen LogP contribution in [0.5, 0.6) is 0 Å². The molecule has 0 aliphatic heterocycles. The lowest BCUT2D eigenvalue weighted by atomic mass is 10.0. The van der Waals surface area contributed by atoms with Crippen LogP contribution >= 0.6 is 7.60 Å². The van der Waals surface area contributed by atoms with Crippen LogP contribution in [0.4, 0.5) is 0 Å². The highest BCUT2D eigenvalue weighted by molar-refractivity contribution is 7.52. The van der Waals surface area contributed by atoms with Gasteiger partial charge in [-0.05, 0) is 6.42 Å². The summed E-state index contributed by atoms with van der Waals surface area (Å²) in [5, 5.41) is 0. The van der Waals surface area contributed by atoms with Gasteiger partial charge in [0.05, 0.1) is 6.61 Å². The topological polar surface area (TPSA) is 35.5 Å². The molecule has 0 aromatic carbocycles. The van der Waals surface area contributed by atoms with Gasteiger partial charge in [0.25, 0.3) is 0 Å². The van der Waals surface area contributed by atoms with Gasteiger partial charge in [0.1, 0.15) is 0 Å². The van der Waals surface area contributed by atoms with E-state index in [2.05, 4.69) is 6.92 Å². The molecule has 0 spiro atoms. The van der Waals surface area contributed by atoms with E-state index >= 15 is 0 Å². The second kappa shape index (κ2) is 18.0. The van der Waals surface area contributed by atoms with Crippen molar-refractivity contribution in [2.24, 2.45) is 0 Å². The van der Waals surface area contributed by atoms with Crippen molar-refractivity contribution < 1.29 is 13.6 Å². The minimum absolute atomic E-state index is 0.556. The van der Waals surface area contributed by atoms with Crippen LogP contribution in [0.1, 0.15) is 110 Å². The van der Waals surface area contributed by atoms with Crippen molar-refractivity contribution in [2.45, 2.75) is 110 Å². The SMILES string of the molecule is CCCCCCCCCCCCCCCCCCOP(C)(=O)OC. The first kappa shape index (κ1) is 24.1. The van der Waals surface area contributed by atoms with E-state index in [0.717, 1.165) is 6.42 Å². The Hall–Kier alpha value is 0.150. The highest BCUT2D eigenvalue weighted by Crippen LogP contribution is 2.42. The second-order valence-corrected chi connectivity index (χ2v) is 9.26. The lowest BCUT2D eigenvalue weighted by Gasteiger charge is -2.10. The molecule has 0 fully saturated rings. The first-order chi connectivity index (χ1) is 11.6. The summed E-state index contributed by atoms with van der Waals surface area (Å²) in [4.78, 5) is 0. The fraction of sp³-hybridized carbons (Fsp3) is 1.00. The molecule has 0 rings (SSSR count). The number of hydrogen-bond donors (Lipinski definition) is 0. The molecule has 4 heteroatoms. The lowest BCUT2D eigenvalue weighted by Crippen LogP contribution is -1.94. The average molecular weight is 363 g/mol. The molecule has 0 saturated heterocycles. The summed E-state index contributed by atoms with van der Waals surface area (Å²) in [7, 11) is -1.32. The maximum atomic E-state index is 11.5. The van der Waals surface area contributed by atoms with Gasteiger partial charge < -0.3 is 9.05 Å². The van der Waals surface area contributed by atoms with Crippen LogP contribution < -0.4 is 0 Å². The molecule has 3 nitrogen and oxygen atoms in total. The van der Waals surface area contributed by atoms with Gasteiger partial charge in [-0.1, -0.05) is 103 Å². The van der Waals surface area contributed by atoms with Crippen molar-refractivity contribution in [1.82, 2.24) is 0 Å². The third-order valence-electron chi connectivity index (χ3n) is 4.66. The molecule has 0 bridgehead atoms. The van der Waals surface area contributed by atoms with E-state index in [1.807, 2.05) is 0 Å². The second-order valence-electron chi connectivity index (χ2n) is 7.09. The van der Waals surface area contributed by atoms with Crippen LogP contribution in [0.15, 0.2) is 0 Å². The van der Waals surface area contributed by atoms with Crippen LogP contribution in [0, 0.1) is 0 Å². The summed E-state index contributed by atoms with van der Waals surface area (Å²) in [6.07, 6.45) is 21.7. The first-order valence-corrected chi connectivity index (χ1v) is 12.4. The predicted molar refractivity (Wildman–Crippen MR) is 106 cm³/mol. The molecule has 0 N–H and O–H groups in total. The molecule has 0 aliphatic rings. The molecule has 146 valence electrons. The third-order valence-corrected chi connectivity index (χ3v) is 5.97. The molecule has 1 atom stereocenters. The molecule has 0 aromatic heterocycles. The summed E-state index contributed by atoms with van der Waals surface area (Å²) in [5.74, 6) is 0. The monoisotopic (exact) mass is 362 g/mol. The van der Waals surface area contributed by atoms with Crippen LogP contribution in [0.3, 0.4) is 0 Å². The summed E-state index contributed by atoms with van der Waals surface area (Å²) >= 11 is 0. The van der Waals surface area contributed by atoms with Crippen molar-refractivity contribution in [3.05, 3.63) is 0 Å². The smallest absolute Gasteiger partial charge is 0.312 e. The maximum Gasteiger partial charge on any atom is 0.327 e. The highest BCUT2D eigenvalue weighted by atomic mass is 31.2. The Balaban J connectivity index is 3.06. The Kier molecular flexibility index (Phi) is 18.1. The third kappa shape index (κ3) is 18.5. The van der Waals surface area contributed by atoms with Gasteiger partial charge in [0, 0.05) is 13.8 Å². The molecule has 24 heavy (non-hydrogen) atoms. The van der Waals surface area contributed by atoms with E-state index in [1.54, 1.807) is 0 Å². The molecule has 0 heterocycles. The Labute approximate surface area is 151 Å². The zero-order valence-corrected chi connectivity index (χ0v) is 17.6. The van der Waals surface area contributed by atoms with E-state index < -0.39 is 7.60 Å². The Morgan fingerprint density at radius 1 is 0.625 bits per heavy atom. The maximum absolute atomic E-state index is 11.5. The van der Waals surface area contributed by atoms with Gasteiger partial charge in [-0.25, -0.2) is 0 Å². The summed E-state index contributed by atoms with van der Waals surface area (Å²) < 4.78 is 21.5. The van der Waals surface area contributed by atoms with E-state index in [4.69, 9.17) is 9.05 Å². The normalized spacial score (nSPS) is 14.0. The van der Waals surface area contributed by atoms with Gasteiger partial charge in [0.15, 0.2) is 0 Å². The Morgan fingerprint density at radius 2 is 0.958 bits per heavy atom. The van der Waals surface area contributed by atoms with E-state index in [9.17, 15) is 4.57 Å². The molecule has 0 radical (unpaired) electrons. The molecular weight excluding hydrogens is 319 g/mol. The van der Waals surface area contributed by atoms with Crippen LogP contribution in [-0.4, -0.2) is 20.4 Å². The molecule has 1 unspecified atom stereocenters. The fourth-order valence-electron chi connectivity index (χ4n) is 2.93. The largest absolute Gasteiger partial charge is 0.327 e. The van der Waals surface area contributed by atoms with Crippen molar-refractivity contribution in [1.29, 1.82) is 0 Å². The first-order valence-electron chi connectivity index (χ1n) is 10.4. The summed E-state index contributed by atoms with van der Waals surface area (Å²) in [5.41, 5.74) is 0. The van der Waals surface area contributed by atoms with Crippen LogP contribution in [0.25, 0.3) is 0 Å². The van der Waals surface area contributed by atoms with Gasteiger partial charge in [0.2, 0.25) is 0 Å². The van der Waals surface area contributed by atoms with E-state index in [1.165, 1.54) is 110 Å².